The van der Waals surface area contributed by atoms with Crippen LogP contribution in [0.2, 0.25) is 0 Å². The monoisotopic (exact) mass is 259 g/mol. The van der Waals surface area contributed by atoms with E-state index in [9.17, 15) is 9.59 Å². The minimum atomic E-state index is -0.712. The maximum absolute atomic E-state index is 11.7. The van der Waals surface area contributed by atoms with Gasteiger partial charge >= 0.3 is 12.1 Å². The van der Waals surface area contributed by atoms with Crippen LogP contribution in [-0.2, 0) is 19.0 Å². The average Bonchev–Trinajstić information content (AvgIpc) is 2.80. The molecule has 0 aromatic heterocycles. The van der Waals surface area contributed by atoms with Gasteiger partial charge in [-0.15, -0.1) is 0 Å². The van der Waals surface area contributed by atoms with Crippen LogP contribution in [0.25, 0.3) is 0 Å². The van der Waals surface area contributed by atoms with E-state index in [4.69, 9.17) is 9.47 Å². The second-order valence-corrected chi connectivity index (χ2v) is 4.45. The summed E-state index contributed by atoms with van der Waals surface area (Å²) in [5, 5.41) is 0. The Kier molecular flexibility index (Phi) is 5.40. The lowest BCUT2D eigenvalue weighted by Gasteiger charge is -2.26. The first-order chi connectivity index (χ1) is 8.54. The molecular formula is C12H21NO5. The Labute approximate surface area is 107 Å². The minimum Gasteiger partial charge on any atom is -0.467 e. The lowest BCUT2D eigenvalue weighted by Crippen LogP contribution is -2.46. The van der Waals surface area contributed by atoms with Crippen molar-refractivity contribution in [1.29, 1.82) is 0 Å². The van der Waals surface area contributed by atoms with E-state index in [0.29, 0.717) is 12.3 Å². The van der Waals surface area contributed by atoms with Gasteiger partial charge in [-0.1, -0.05) is 20.3 Å². The summed E-state index contributed by atoms with van der Waals surface area (Å²) in [6, 6.07) is -0.712. The van der Waals surface area contributed by atoms with Gasteiger partial charge < -0.3 is 14.2 Å². The summed E-state index contributed by atoms with van der Waals surface area (Å²) < 4.78 is 14.9. The van der Waals surface area contributed by atoms with Crippen molar-refractivity contribution in [2.24, 2.45) is 5.92 Å². The van der Waals surface area contributed by atoms with Crippen LogP contribution in [0, 0.1) is 5.92 Å². The Morgan fingerprint density at radius 3 is 2.56 bits per heavy atom. The number of ether oxygens (including phenoxy) is 3. The Morgan fingerprint density at radius 1 is 1.39 bits per heavy atom. The molecule has 3 unspecified atom stereocenters. The molecule has 18 heavy (non-hydrogen) atoms. The van der Waals surface area contributed by atoms with Crippen molar-refractivity contribution in [2.45, 2.75) is 39.0 Å². The fourth-order valence-electron chi connectivity index (χ4n) is 1.92. The molecule has 0 N–H and O–H groups in total. The van der Waals surface area contributed by atoms with Crippen LogP contribution in [0.1, 0.15) is 26.7 Å². The quantitative estimate of drug-likeness (QED) is 0.714. The molecule has 0 aromatic rings. The minimum absolute atomic E-state index is 0.156. The average molecular weight is 259 g/mol. The summed E-state index contributed by atoms with van der Waals surface area (Å²) >= 11 is 0. The summed E-state index contributed by atoms with van der Waals surface area (Å²) in [4.78, 5) is 24.7. The molecular weight excluding hydrogens is 238 g/mol. The Balaban J connectivity index is 2.79. The fourth-order valence-corrected chi connectivity index (χ4v) is 1.92. The molecule has 6 heteroatoms. The highest BCUT2D eigenvalue weighted by Crippen LogP contribution is 2.25. The molecule has 1 aliphatic heterocycles. The zero-order valence-corrected chi connectivity index (χ0v) is 11.3. The standard InChI is InChI=1S/C12H21NO5/c1-5-8(2)6-10-13(12(15)17-4)9(7-18-10)11(14)16-3/h8-10H,5-7H2,1-4H3. The number of rotatable bonds is 4. The molecule has 1 rings (SSSR count). The van der Waals surface area contributed by atoms with Gasteiger partial charge in [-0.25, -0.2) is 9.59 Å². The second kappa shape index (κ2) is 6.58. The van der Waals surface area contributed by atoms with E-state index < -0.39 is 24.3 Å². The normalized spacial score (nSPS) is 24.8. The van der Waals surface area contributed by atoms with Crippen molar-refractivity contribution < 1.29 is 23.8 Å². The molecule has 1 saturated heterocycles. The van der Waals surface area contributed by atoms with Crippen LogP contribution >= 0.6 is 0 Å². The SMILES string of the molecule is CCC(C)CC1OCC(C(=O)OC)N1C(=O)OC. The maximum atomic E-state index is 11.7. The highest BCUT2D eigenvalue weighted by Gasteiger charge is 2.43. The second-order valence-electron chi connectivity index (χ2n) is 4.45. The largest absolute Gasteiger partial charge is 0.467 e. The first-order valence-corrected chi connectivity index (χ1v) is 6.10. The van der Waals surface area contributed by atoms with Gasteiger partial charge in [-0.05, 0) is 12.3 Å². The molecule has 104 valence electrons. The molecule has 1 amide bonds. The van der Waals surface area contributed by atoms with Gasteiger partial charge in [0.25, 0.3) is 0 Å². The number of methoxy groups -OCH3 is 2. The van der Waals surface area contributed by atoms with Crippen molar-refractivity contribution in [3.8, 4) is 0 Å². The van der Waals surface area contributed by atoms with Crippen LogP contribution < -0.4 is 0 Å². The van der Waals surface area contributed by atoms with E-state index in [0.717, 1.165) is 6.42 Å². The van der Waals surface area contributed by atoms with Crippen molar-refractivity contribution >= 4 is 12.1 Å². The molecule has 0 radical (unpaired) electrons. The highest BCUT2D eigenvalue weighted by molar-refractivity contribution is 5.82. The molecule has 6 nitrogen and oxygen atoms in total. The van der Waals surface area contributed by atoms with E-state index in [-0.39, 0.29) is 6.61 Å². The molecule has 1 aliphatic rings. The van der Waals surface area contributed by atoms with E-state index in [1.54, 1.807) is 0 Å². The van der Waals surface area contributed by atoms with Crippen LogP contribution in [-0.4, -0.2) is 50.1 Å². The zero-order valence-electron chi connectivity index (χ0n) is 11.3. The summed E-state index contributed by atoms with van der Waals surface area (Å²) in [6.45, 7) is 4.30. The third-order valence-electron chi connectivity index (χ3n) is 3.25. The predicted molar refractivity (Wildman–Crippen MR) is 63.9 cm³/mol. The van der Waals surface area contributed by atoms with E-state index in [1.807, 2.05) is 0 Å². The van der Waals surface area contributed by atoms with Gasteiger partial charge in [0.15, 0.2) is 6.04 Å². The van der Waals surface area contributed by atoms with Crippen molar-refractivity contribution in [3.05, 3.63) is 0 Å². The summed E-state index contributed by atoms with van der Waals surface area (Å²) in [5.74, 6) is -0.0781. The predicted octanol–water partition coefficient (Wildman–Crippen LogP) is 1.39. The molecule has 0 saturated carbocycles. The van der Waals surface area contributed by atoms with Gasteiger partial charge in [-0.2, -0.15) is 0 Å². The smallest absolute Gasteiger partial charge is 0.412 e. The fraction of sp³-hybridized carbons (Fsp3) is 0.833. The third kappa shape index (κ3) is 3.13. The van der Waals surface area contributed by atoms with E-state index >= 15 is 0 Å². The lowest BCUT2D eigenvalue weighted by molar-refractivity contribution is -0.145. The molecule has 0 bridgehead atoms. The Morgan fingerprint density at radius 2 is 2.06 bits per heavy atom. The van der Waals surface area contributed by atoms with Crippen molar-refractivity contribution in [1.82, 2.24) is 4.90 Å². The van der Waals surface area contributed by atoms with Crippen molar-refractivity contribution in [3.63, 3.8) is 0 Å². The number of esters is 1. The van der Waals surface area contributed by atoms with E-state index in [2.05, 4.69) is 18.6 Å². The number of nitrogens with zero attached hydrogens (tertiary/aromatic N) is 1. The van der Waals surface area contributed by atoms with Crippen molar-refractivity contribution in [2.75, 3.05) is 20.8 Å². The molecule has 1 fully saturated rings. The first kappa shape index (κ1) is 14.8. The number of carbonyl (C=O) groups excluding carboxylic acids is 2. The topological polar surface area (TPSA) is 65.1 Å². The number of carbonyl (C=O) groups is 2. The molecule has 3 atom stereocenters. The molecule has 0 spiro atoms. The van der Waals surface area contributed by atoms with Gasteiger partial charge in [0.1, 0.15) is 6.23 Å². The number of amides is 1. The molecule has 0 aromatic carbocycles. The number of hydrogen-bond donors (Lipinski definition) is 0. The van der Waals surface area contributed by atoms with Gasteiger partial charge in [-0.3, -0.25) is 4.90 Å². The first-order valence-electron chi connectivity index (χ1n) is 6.10. The lowest BCUT2D eigenvalue weighted by atomic mass is 10.0. The Hall–Kier alpha value is -1.30. The highest BCUT2D eigenvalue weighted by atomic mass is 16.6. The third-order valence-corrected chi connectivity index (χ3v) is 3.25. The summed E-state index contributed by atoms with van der Waals surface area (Å²) in [6.07, 6.45) is 0.685. The zero-order chi connectivity index (χ0) is 13.7. The van der Waals surface area contributed by atoms with Gasteiger partial charge in [0, 0.05) is 0 Å². The van der Waals surface area contributed by atoms with Gasteiger partial charge in [0.2, 0.25) is 0 Å². The maximum Gasteiger partial charge on any atom is 0.412 e. The van der Waals surface area contributed by atoms with Crippen LogP contribution in [0.15, 0.2) is 0 Å². The number of hydrogen-bond acceptors (Lipinski definition) is 5. The van der Waals surface area contributed by atoms with Crippen LogP contribution in [0.5, 0.6) is 0 Å². The summed E-state index contributed by atoms with van der Waals surface area (Å²) in [5.41, 5.74) is 0. The Bertz CT molecular complexity index is 307. The van der Waals surface area contributed by atoms with Gasteiger partial charge in [0.05, 0.1) is 20.8 Å². The molecule has 1 heterocycles. The summed E-state index contributed by atoms with van der Waals surface area (Å²) in [7, 11) is 2.58. The van der Waals surface area contributed by atoms with E-state index in [1.165, 1.54) is 19.1 Å². The van der Waals surface area contributed by atoms with Crippen LogP contribution in [0.3, 0.4) is 0 Å². The molecule has 0 aliphatic carbocycles. The van der Waals surface area contributed by atoms with Crippen LogP contribution in [0.4, 0.5) is 4.79 Å².